The third kappa shape index (κ3) is 5.08. The van der Waals surface area contributed by atoms with E-state index in [0.717, 1.165) is 22.5 Å². The van der Waals surface area contributed by atoms with E-state index in [4.69, 9.17) is 0 Å². The molecule has 1 saturated heterocycles. The number of carbonyl (C=O) groups excluding carboxylic acids is 1. The lowest BCUT2D eigenvalue weighted by Crippen LogP contribution is -2.52. The van der Waals surface area contributed by atoms with Gasteiger partial charge in [0.1, 0.15) is 23.1 Å². The Labute approximate surface area is 184 Å². The van der Waals surface area contributed by atoms with Gasteiger partial charge >= 0.3 is 0 Å². The Morgan fingerprint density at radius 1 is 1.09 bits per heavy atom. The van der Waals surface area contributed by atoms with Gasteiger partial charge in [0.05, 0.1) is 0 Å². The summed E-state index contributed by atoms with van der Waals surface area (Å²) in [5.41, 5.74) is -0.310. The van der Waals surface area contributed by atoms with Gasteiger partial charge in [0, 0.05) is 44.5 Å². The van der Waals surface area contributed by atoms with Crippen LogP contribution in [0.15, 0.2) is 18.2 Å². The number of carbonyl (C=O) groups is 1. The second-order valence-corrected chi connectivity index (χ2v) is 10.8. The van der Waals surface area contributed by atoms with E-state index < -0.39 is 64.9 Å². The molecule has 0 aromatic heterocycles. The number of piperidine rings is 1. The molecule has 0 unspecified atom stereocenters. The fourth-order valence-corrected chi connectivity index (χ4v) is 7.03. The molecule has 1 amide bonds. The summed E-state index contributed by atoms with van der Waals surface area (Å²) in [6.07, 6.45) is -0.883. The number of benzene rings is 1. The second kappa shape index (κ2) is 9.62. The molecule has 0 radical (unpaired) electrons. The molecule has 0 atom stereocenters. The van der Waals surface area contributed by atoms with Crippen molar-refractivity contribution in [1.82, 2.24) is 9.62 Å². The summed E-state index contributed by atoms with van der Waals surface area (Å²) >= 11 is 0. The van der Waals surface area contributed by atoms with Gasteiger partial charge in [-0.05, 0) is 49.8 Å². The fourth-order valence-electron chi connectivity index (χ4n) is 4.68. The molecular formula is C21H27F5N2O3S. The van der Waals surface area contributed by atoms with Crippen LogP contribution in [0.5, 0.6) is 0 Å². The summed E-state index contributed by atoms with van der Waals surface area (Å²) in [6, 6.07) is 2.62. The third-order valence-corrected chi connectivity index (χ3v) is 9.17. The molecule has 32 heavy (non-hydrogen) atoms. The summed E-state index contributed by atoms with van der Waals surface area (Å²) < 4.78 is 94.8. The van der Waals surface area contributed by atoms with Gasteiger partial charge in [0.2, 0.25) is 15.9 Å². The maximum atomic E-state index is 14.8. The highest BCUT2D eigenvalue weighted by Crippen LogP contribution is 2.49. The zero-order valence-corrected chi connectivity index (χ0v) is 18.4. The van der Waals surface area contributed by atoms with Crippen molar-refractivity contribution >= 4 is 15.9 Å². The predicted octanol–water partition coefficient (Wildman–Crippen LogP) is 3.89. The minimum absolute atomic E-state index is 0.0672. The number of amides is 1. The molecule has 2 aliphatic rings. The van der Waals surface area contributed by atoms with Crippen molar-refractivity contribution in [1.29, 1.82) is 0 Å². The van der Waals surface area contributed by atoms with Crippen LogP contribution in [-0.2, 0) is 19.6 Å². The average Bonchev–Trinajstić information content (AvgIpc) is 2.74. The molecule has 11 heteroatoms. The zero-order valence-electron chi connectivity index (χ0n) is 17.6. The first kappa shape index (κ1) is 24.9. The summed E-state index contributed by atoms with van der Waals surface area (Å²) in [6.45, 7) is -1.62. The normalized spacial score (nSPS) is 26.6. The molecule has 5 nitrogen and oxygen atoms in total. The topological polar surface area (TPSA) is 66.5 Å². The lowest BCUT2D eigenvalue weighted by atomic mass is 9.76. The van der Waals surface area contributed by atoms with E-state index in [0.29, 0.717) is 0 Å². The number of hydrogen-bond acceptors (Lipinski definition) is 3. The van der Waals surface area contributed by atoms with Gasteiger partial charge in [0.25, 0.3) is 5.92 Å². The zero-order chi connectivity index (χ0) is 23.6. The Hall–Kier alpha value is -1.75. The number of halogens is 5. The van der Waals surface area contributed by atoms with Crippen molar-refractivity contribution in [2.24, 2.45) is 5.92 Å². The summed E-state index contributed by atoms with van der Waals surface area (Å²) in [7, 11) is -4.31. The highest BCUT2D eigenvalue weighted by atomic mass is 32.2. The fraction of sp³-hybridized carbons (Fsp3) is 0.667. The first-order valence-corrected chi connectivity index (χ1v) is 12.1. The molecule has 1 N–H and O–H groups in total. The van der Waals surface area contributed by atoms with Crippen LogP contribution in [0, 0.1) is 17.6 Å². The van der Waals surface area contributed by atoms with Gasteiger partial charge in [-0.1, -0.05) is 0 Å². The molecule has 1 heterocycles. The van der Waals surface area contributed by atoms with Crippen LogP contribution in [0.25, 0.3) is 0 Å². The number of alkyl halides is 3. The molecule has 0 bridgehead atoms. The summed E-state index contributed by atoms with van der Waals surface area (Å²) in [5, 5.41) is 2.42. The molecular weight excluding hydrogens is 455 g/mol. The van der Waals surface area contributed by atoms with Crippen molar-refractivity contribution in [3.63, 3.8) is 0 Å². The van der Waals surface area contributed by atoms with Crippen LogP contribution >= 0.6 is 0 Å². The van der Waals surface area contributed by atoms with Crippen molar-refractivity contribution in [2.75, 3.05) is 26.3 Å². The standard InChI is InChI=1S/C21H27F5N2O3S/c22-9-10-27-19(29)13-15-3-5-20(6-4-15,17-14-16(23)1-2-18(17)24)32(30,31)28-11-7-21(25,26)8-12-28/h1-2,14-15H,3-13H2,(H,27,29). The Kier molecular flexibility index (Phi) is 7.48. The molecule has 1 aliphatic carbocycles. The van der Waals surface area contributed by atoms with Crippen LogP contribution < -0.4 is 5.32 Å². The van der Waals surface area contributed by atoms with E-state index in [9.17, 15) is 35.2 Å². The lowest BCUT2D eigenvalue weighted by Gasteiger charge is -2.44. The second-order valence-electron chi connectivity index (χ2n) is 8.56. The van der Waals surface area contributed by atoms with E-state index in [1.165, 1.54) is 0 Å². The molecule has 1 saturated carbocycles. The summed E-state index contributed by atoms with van der Waals surface area (Å²) in [5.74, 6) is -5.21. The van der Waals surface area contributed by atoms with Gasteiger partial charge in [0.15, 0.2) is 0 Å². The highest BCUT2D eigenvalue weighted by Gasteiger charge is 2.53. The third-order valence-electron chi connectivity index (χ3n) is 6.51. The van der Waals surface area contributed by atoms with Crippen molar-refractivity contribution in [3.8, 4) is 0 Å². The number of nitrogens with zero attached hydrogens (tertiary/aromatic N) is 1. The Morgan fingerprint density at radius 2 is 1.72 bits per heavy atom. The molecule has 1 aliphatic heterocycles. The largest absolute Gasteiger partial charge is 0.353 e. The lowest BCUT2D eigenvalue weighted by molar-refractivity contribution is -0.122. The van der Waals surface area contributed by atoms with E-state index in [-0.39, 0.29) is 56.0 Å². The molecule has 0 spiro atoms. The van der Waals surface area contributed by atoms with Gasteiger partial charge < -0.3 is 5.32 Å². The van der Waals surface area contributed by atoms with Crippen molar-refractivity contribution in [3.05, 3.63) is 35.4 Å². The molecule has 1 aromatic rings. The first-order valence-electron chi connectivity index (χ1n) is 10.7. The Balaban J connectivity index is 1.89. The summed E-state index contributed by atoms with van der Waals surface area (Å²) in [4.78, 5) is 11.9. The average molecular weight is 483 g/mol. The first-order chi connectivity index (χ1) is 15.0. The maximum absolute atomic E-state index is 14.8. The predicted molar refractivity (Wildman–Crippen MR) is 108 cm³/mol. The maximum Gasteiger partial charge on any atom is 0.250 e. The van der Waals surface area contributed by atoms with Crippen molar-refractivity contribution in [2.45, 2.75) is 55.6 Å². The molecule has 2 fully saturated rings. The van der Waals surface area contributed by atoms with E-state index in [1.54, 1.807) is 0 Å². The van der Waals surface area contributed by atoms with Crippen LogP contribution in [-0.4, -0.2) is 50.9 Å². The minimum Gasteiger partial charge on any atom is -0.353 e. The molecule has 1 aromatic carbocycles. The minimum atomic E-state index is -4.31. The Morgan fingerprint density at radius 3 is 2.31 bits per heavy atom. The van der Waals surface area contributed by atoms with E-state index >= 15 is 0 Å². The van der Waals surface area contributed by atoms with E-state index in [1.807, 2.05) is 0 Å². The molecule has 3 rings (SSSR count). The van der Waals surface area contributed by atoms with E-state index in [2.05, 4.69) is 5.32 Å². The Bertz CT molecular complexity index is 923. The quantitative estimate of drug-likeness (QED) is 0.600. The van der Waals surface area contributed by atoms with Gasteiger partial charge in [-0.2, -0.15) is 0 Å². The monoisotopic (exact) mass is 482 g/mol. The number of hydrogen-bond donors (Lipinski definition) is 1. The van der Waals surface area contributed by atoms with Gasteiger partial charge in [-0.25, -0.2) is 34.7 Å². The van der Waals surface area contributed by atoms with Crippen molar-refractivity contribution < 1.29 is 35.2 Å². The smallest absolute Gasteiger partial charge is 0.250 e. The van der Waals surface area contributed by atoms with Gasteiger partial charge in [-0.15, -0.1) is 0 Å². The highest BCUT2D eigenvalue weighted by molar-refractivity contribution is 7.90. The number of sulfonamides is 1. The van der Waals surface area contributed by atoms with Gasteiger partial charge in [-0.3, -0.25) is 4.79 Å². The van der Waals surface area contributed by atoms with Crippen LogP contribution in [0.2, 0.25) is 0 Å². The SMILES string of the molecule is O=C(CC1CCC(c2cc(F)ccc2F)(S(=O)(=O)N2CCC(F)(F)CC2)CC1)NCCF. The van der Waals surface area contributed by atoms with Crippen LogP contribution in [0.1, 0.15) is 50.5 Å². The molecule has 180 valence electrons. The number of rotatable bonds is 7. The van der Waals surface area contributed by atoms with Crippen LogP contribution in [0.4, 0.5) is 22.0 Å². The number of nitrogens with one attached hydrogen (secondary N) is 1. The van der Waals surface area contributed by atoms with Crippen LogP contribution in [0.3, 0.4) is 0 Å².